The van der Waals surface area contributed by atoms with Gasteiger partial charge in [-0.1, -0.05) is 11.8 Å². The van der Waals surface area contributed by atoms with Crippen LogP contribution in [0.2, 0.25) is 0 Å². The number of methoxy groups -OCH3 is 1. The fourth-order valence-corrected chi connectivity index (χ4v) is 2.69. The predicted molar refractivity (Wildman–Crippen MR) is 88.7 cm³/mol. The van der Waals surface area contributed by atoms with Crippen molar-refractivity contribution in [2.75, 3.05) is 12.9 Å². The highest BCUT2D eigenvalue weighted by Gasteiger charge is 2.12. The zero-order valence-electron chi connectivity index (χ0n) is 13.5. The van der Waals surface area contributed by atoms with Gasteiger partial charge in [0.1, 0.15) is 5.75 Å². The fraction of sp³-hybridized carbons (Fsp3) is 0.250. The lowest BCUT2D eigenvalue weighted by Crippen LogP contribution is -2.14. The molecule has 0 amide bonds. The number of rotatable bonds is 8. The van der Waals surface area contributed by atoms with Crippen LogP contribution in [0, 0.1) is 0 Å². The molecule has 0 atom stereocenters. The number of carbonyl (C=O) groups excluding carboxylic acids is 2. The maximum absolute atomic E-state index is 12.1. The number of esters is 1. The van der Waals surface area contributed by atoms with Gasteiger partial charge in [-0.05, 0) is 24.3 Å². The lowest BCUT2D eigenvalue weighted by Gasteiger charge is -2.06. The van der Waals surface area contributed by atoms with Crippen molar-refractivity contribution in [2.24, 2.45) is 0 Å². The van der Waals surface area contributed by atoms with E-state index in [1.54, 1.807) is 0 Å². The summed E-state index contributed by atoms with van der Waals surface area (Å²) in [4.78, 5) is 41.5. The molecule has 0 saturated carbocycles. The van der Waals surface area contributed by atoms with Crippen molar-refractivity contribution in [1.82, 2.24) is 9.97 Å². The fourth-order valence-electron chi connectivity index (χ4n) is 1.90. The third kappa shape index (κ3) is 5.96. The number of benzene rings is 1. The number of aromatic amines is 1. The number of nitrogens with zero attached hydrogens (tertiary/aromatic N) is 1. The zero-order chi connectivity index (χ0) is 19.1. The van der Waals surface area contributed by atoms with Crippen LogP contribution in [0.25, 0.3) is 0 Å². The molecule has 0 unspecified atom stereocenters. The molecule has 1 N–H and O–H groups in total. The van der Waals surface area contributed by atoms with Gasteiger partial charge in [0.05, 0.1) is 25.0 Å². The summed E-state index contributed by atoms with van der Waals surface area (Å²) in [6.07, 6.45) is -0.159. The van der Waals surface area contributed by atoms with Gasteiger partial charge in [0.2, 0.25) is 0 Å². The third-order valence-corrected chi connectivity index (χ3v) is 3.94. The number of hydrogen-bond acceptors (Lipinski definition) is 7. The molecule has 7 nitrogen and oxygen atoms in total. The van der Waals surface area contributed by atoms with Gasteiger partial charge in [-0.25, -0.2) is 4.98 Å². The molecule has 0 fully saturated rings. The summed E-state index contributed by atoms with van der Waals surface area (Å²) in [6, 6.07) is 6.43. The van der Waals surface area contributed by atoms with E-state index in [4.69, 9.17) is 0 Å². The molecule has 0 aliphatic carbocycles. The van der Waals surface area contributed by atoms with Crippen molar-refractivity contribution in [3.8, 4) is 5.75 Å². The van der Waals surface area contributed by atoms with E-state index >= 15 is 0 Å². The number of ether oxygens (including phenoxy) is 2. The Morgan fingerprint density at radius 1 is 1.27 bits per heavy atom. The Bertz CT molecular complexity index is 839. The first-order valence-electron chi connectivity index (χ1n) is 7.25. The first kappa shape index (κ1) is 19.6. The van der Waals surface area contributed by atoms with Gasteiger partial charge in [0, 0.05) is 11.6 Å². The Balaban J connectivity index is 2.00. The Labute approximate surface area is 150 Å². The predicted octanol–water partition coefficient (Wildman–Crippen LogP) is 2.06. The molecular weight excluding hydrogens is 370 g/mol. The number of carbonyl (C=O) groups is 2. The van der Waals surface area contributed by atoms with Gasteiger partial charge in [-0.3, -0.25) is 14.4 Å². The normalized spacial score (nSPS) is 10.6. The molecule has 0 aliphatic heterocycles. The standard InChI is InChI=1S/C16H14F2N2O5S/c1-24-14(23)7-10-6-13(22)20-16(19-10)26-8-12(21)9-2-4-11(5-3-9)25-15(17)18/h2-6,15H,7-8H2,1H3,(H,19,20,22). The van der Waals surface area contributed by atoms with Crippen molar-refractivity contribution in [3.63, 3.8) is 0 Å². The lowest BCUT2D eigenvalue weighted by molar-refractivity contribution is -0.139. The smallest absolute Gasteiger partial charge is 0.387 e. The highest BCUT2D eigenvalue weighted by atomic mass is 32.2. The van der Waals surface area contributed by atoms with Crippen LogP contribution in [0.15, 0.2) is 40.3 Å². The summed E-state index contributed by atoms with van der Waals surface area (Å²) in [6.45, 7) is -2.94. The number of nitrogens with one attached hydrogen (secondary N) is 1. The molecule has 2 rings (SSSR count). The first-order chi connectivity index (χ1) is 12.4. The molecule has 0 saturated heterocycles. The second-order valence-corrected chi connectivity index (χ2v) is 5.87. The minimum absolute atomic E-state index is 0.0420. The van der Waals surface area contributed by atoms with Crippen LogP contribution in [-0.2, 0) is 16.0 Å². The Morgan fingerprint density at radius 2 is 1.96 bits per heavy atom. The summed E-state index contributed by atoms with van der Waals surface area (Å²) in [5, 5.41) is 0.183. The van der Waals surface area contributed by atoms with E-state index in [1.165, 1.54) is 37.4 Å². The third-order valence-electron chi connectivity index (χ3n) is 3.07. The number of halogens is 2. The molecule has 1 heterocycles. The van der Waals surface area contributed by atoms with Crippen LogP contribution in [0.1, 0.15) is 16.1 Å². The largest absolute Gasteiger partial charge is 0.469 e. The van der Waals surface area contributed by atoms with E-state index in [2.05, 4.69) is 19.4 Å². The second-order valence-electron chi connectivity index (χ2n) is 4.91. The van der Waals surface area contributed by atoms with Crippen LogP contribution in [0.5, 0.6) is 5.75 Å². The maximum atomic E-state index is 12.1. The number of thioether (sulfide) groups is 1. The SMILES string of the molecule is COC(=O)Cc1cc(=O)[nH]c(SCC(=O)c2ccc(OC(F)F)cc2)n1. The van der Waals surface area contributed by atoms with Crippen molar-refractivity contribution in [2.45, 2.75) is 18.2 Å². The number of ketones is 1. The van der Waals surface area contributed by atoms with Gasteiger partial charge >= 0.3 is 12.6 Å². The van der Waals surface area contributed by atoms with Gasteiger partial charge in [-0.15, -0.1) is 0 Å². The molecule has 1 aromatic heterocycles. The Hall–Kier alpha value is -2.75. The summed E-state index contributed by atoms with van der Waals surface area (Å²) >= 11 is 0.982. The Morgan fingerprint density at radius 3 is 2.58 bits per heavy atom. The number of aromatic nitrogens is 2. The van der Waals surface area contributed by atoms with Crippen LogP contribution >= 0.6 is 11.8 Å². The number of alkyl halides is 2. The molecule has 0 bridgehead atoms. The van der Waals surface area contributed by atoms with E-state index in [-0.39, 0.29) is 34.6 Å². The summed E-state index contributed by atoms with van der Waals surface area (Å²) in [7, 11) is 1.22. The van der Waals surface area contributed by atoms with E-state index in [0.29, 0.717) is 5.56 Å². The summed E-state index contributed by atoms with van der Waals surface area (Å²) in [5.74, 6) is -0.925. The van der Waals surface area contributed by atoms with Crippen LogP contribution in [0.3, 0.4) is 0 Å². The van der Waals surface area contributed by atoms with Gasteiger partial charge in [0.25, 0.3) is 5.56 Å². The first-order valence-corrected chi connectivity index (χ1v) is 8.24. The Kier molecular flexibility index (Phi) is 6.84. The highest BCUT2D eigenvalue weighted by molar-refractivity contribution is 7.99. The van der Waals surface area contributed by atoms with E-state index < -0.39 is 18.1 Å². The summed E-state index contributed by atoms with van der Waals surface area (Å²) in [5.41, 5.74) is 0.0681. The molecule has 138 valence electrons. The van der Waals surface area contributed by atoms with Crippen molar-refractivity contribution < 1.29 is 27.8 Å². The zero-order valence-corrected chi connectivity index (χ0v) is 14.3. The van der Waals surface area contributed by atoms with Crippen molar-refractivity contribution >= 4 is 23.5 Å². The maximum Gasteiger partial charge on any atom is 0.387 e. The topological polar surface area (TPSA) is 98.4 Å². The van der Waals surface area contributed by atoms with E-state index in [0.717, 1.165) is 11.8 Å². The van der Waals surface area contributed by atoms with Gasteiger partial charge < -0.3 is 14.5 Å². The number of hydrogen-bond donors (Lipinski definition) is 1. The van der Waals surface area contributed by atoms with Crippen LogP contribution < -0.4 is 10.3 Å². The van der Waals surface area contributed by atoms with E-state index in [1.807, 2.05) is 0 Å². The molecule has 26 heavy (non-hydrogen) atoms. The molecule has 1 aromatic carbocycles. The van der Waals surface area contributed by atoms with Crippen molar-refractivity contribution in [3.05, 3.63) is 51.9 Å². The molecule has 0 radical (unpaired) electrons. The van der Waals surface area contributed by atoms with Crippen molar-refractivity contribution in [1.29, 1.82) is 0 Å². The summed E-state index contributed by atoms with van der Waals surface area (Å²) < 4.78 is 32.9. The second kappa shape index (κ2) is 9.09. The molecule has 0 aliphatic rings. The van der Waals surface area contributed by atoms with Gasteiger partial charge in [-0.2, -0.15) is 8.78 Å². The van der Waals surface area contributed by atoms with Crippen LogP contribution in [0.4, 0.5) is 8.78 Å². The quantitative estimate of drug-likeness (QED) is 0.322. The monoisotopic (exact) mass is 384 g/mol. The number of H-pyrrole nitrogens is 1. The van der Waals surface area contributed by atoms with E-state index in [9.17, 15) is 23.2 Å². The molecule has 2 aromatic rings. The van der Waals surface area contributed by atoms with Crippen LogP contribution in [-0.4, -0.2) is 41.2 Å². The number of Topliss-reactive ketones (excluding diaryl/α,β-unsaturated/α-hetero) is 1. The molecule has 0 spiro atoms. The highest BCUT2D eigenvalue weighted by Crippen LogP contribution is 2.18. The minimum Gasteiger partial charge on any atom is -0.469 e. The average Bonchev–Trinajstić information content (AvgIpc) is 2.59. The van der Waals surface area contributed by atoms with Gasteiger partial charge in [0.15, 0.2) is 10.9 Å². The molecular formula is C16H14F2N2O5S. The lowest BCUT2D eigenvalue weighted by atomic mass is 10.1. The molecule has 10 heteroatoms. The minimum atomic E-state index is -2.94. The average molecular weight is 384 g/mol.